The number of aromatic amines is 2. The van der Waals surface area contributed by atoms with Crippen LogP contribution in [0.4, 0.5) is 4.79 Å². The molecule has 2 amide bonds. The number of aromatic nitrogens is 4. The highest BCUT2D eigenvalue weighted by Crippen LogP contribution is 2.31. The summed E-state index contributed by atoms with van der Waals surface area (Å²) in [6.07, 6.45) is 6.96. The van der Waals surface area contributed by atoms with Crippen molar-refractivity contribution in [1.82, 2.24) is 35.5 Å². The van der Waals surface area contributed by atoms with Gasteiger partial charge in [0.25, 0.3) is 0 Å². The largest absolute Gasteiger partial charge is 0.453 e. The summed E-state index contributed by atoms with van der Waals surface area (Å²) in [4.78, 5) is 43.0. The minimum Gasteiger partial charge on any atom is -0.453 e. The van der Waals surface area contributed by atoms with Gasteiger partial charge in [-0.25, -0.2) is 14.8 Å². The standard InChI is InChI=1S/C33H37N7O3/c1-20(2)29(39-33(42)43-3)32(41)40-15-5-7-28(40)31-35-18-25(37-31)13-9-21-8-10-23-17-24(12-11-22(23)16-21)27-19-36-30(38-27)26-6-4-14-34-26/h8,10-12,16-20,26,28-29,34H,4-7,14-15H2,1-3H3,(H,35,37)(H,36,38)(H,39,42)/t26-,28-,29?/m0/s1. The van der Waals surface area contributed by atoms with Gasteiger partial charge in [-0.3, -0.25) is 4.79 Å². The molecule has 2 fully saturated rings. The number of hydrogen-bond acceptors (Lipinski definition) is 6. The third-order valence-electron chi connectivity index (χ3n) is 8.32. The first-order chi connectivity index (χ1) is 20.9. The zero-order valence-electron chi connectivity index (χ0n) is 24.7. The van der Waals surface area contributed by atoms with Gasteiger partial charge in [-0.1, -0.05) is 38.0 Å². The lowest BCUT2D eigenvalue weighted by atomic mass is 10.0. The number of likely N-dealkylation sites (tertiary alicyclic amines) is 1. The summed E-state index contributed by atoms with van der Waals surface area (Å²) < 4.78 is 4.73. The number of rotatable bonds is 6. The van der Waals surface area contributed by atoms with E-state index in [1.165, 1.54) is 13.5 Å². The summed E-state index contributed by atoms with van der Waals surface area (Å²) in [6.45, 7) is 5.45. The van der Waals surface area contributed by atoms with Crippen LogP contribution in [-0.4, -0.2) is 63.1 Å². The van der Waals surface area contributed by atoms with Crippen LogP contribution in [0.25, 0.3) is 22.0 Å². The Morgan fingerprint density at radius 2 is 1.81 bits per heavy atom. The fraction of sp³-hybridized carbons (Fsp3) is 0.394. The van der Waals surface area contributed by atoms with Crippen molar-refractivity contribution in [2.24, 2.45) is 5.92 Å². The molecule has 222 valence electrons. The smallest absolute Gasteiger partial charge is 0.407 e. The van der Waals surface area contributed by atoms with Crippen LogP contribution >= 0.6 is 0 Å². The summed E-state index contributed by atoms with van der Waals surface area (Å²) in [5.41, 5.74) is 3.71. The maximum absolute atomic E-state index is 13.4. The number of H-pyrrole nitrogens is 2. The van der Waals surface area contributed by atoms with Gasteiger partial charge >= 0.3 is 6.09 Å². The second-order valence-corrected chi connectivity index (χ2v) is 11.6. The maximum atomic E-state index is 13.4. The molecule has 10 nitrogen and oxygen atoms in total. The van der Waals surface area contributed by atoms with Gasteiger partial charge in [0.1, 0.15) is 23.4 Å². The number of benzene rings is 2. The average molecular weight is 580 g/mol. The Labute approximate surface area is 251 Å². The van der Waals surface area contributed by atoms with E-state index >= 15 is 0 Å². The molecule has 0 bridgehead atoms. The third-order valence-corrected chi connectivity index (χ3v) is 8.32. The summed E-state index contributed by atoms with van der Waals surface area (Å²) in [6, 6.07) is 12.0. The zero-order valence-corrected chi connectivity index (χ0v) is 24.7. The number of carbonyl (C=O) groups is 2. The highest BCUT2D eigenvalue weighted by atomic mass is 16.5. The molecule has 4 aromatic rings. The summed E-state index contributed by atoms with van der Waals surface area (Å²) in [5.74, 6) is 7.92. The number of hydrogen-bond donors (Lipinski definition) is 4. The molecular formula is C33H37N7O3. The number of methoxy groups -OCH3 is 1. The molecule has 2 aromatic heterocycles. The predicted molar refractivity (Wildman–Crippen MR) is 164 cm³/mol. The summed E-state index contributed by atoms with van der Waals surface area (Å²) in [5, 5.41) is 8.41. The Morgan fingerprint density at radius 3 is 2.60 bits per heavy atom. The van der Waals surface area contributed by atoms with E-state index in [0.717, 1.165) is 59.2 Å². The molecule has 3 atom stereocenters. The zero-order chi connectivity index (χ0) is 29.9. The van der Waals surface area contributed by atoms with Crippen molar-refractivity contribution in [2.45, 2.75) is 57.7 Å². The molecule has 0 radical (unpaired) electrons. The van der Waals surface area contributed by atoms with Crippen LogP contribution in [0.15, 0.2) is 48.8 Å². The van der Waals surface area contributed by atoms with Crippen LogP contribution < -0.4 is 10.6 Å². The molecule has 10 heteroatoms. The fourth-order valence-corrected chi connectivity index (χ4v) is 5.97. The second-order valence-electron chi connectivity index (χ2n) is 11.6. The van der Waals surface area contributed by atoms with E-state index in [-0.39, 0.29) is 17.9 Å². The number of amides is 2. The average Bonchev–Trinajstić information content (AvgIpc) is 3.84. The molecule has 6 rings (SSSR count). The van der Waals surface area contributed by atoms with Crippen molar-refractivity contribution >= 4 is 22.8 Å². The molecule has 4 heterocycles. The quantitative estimate of drug-likeness (QED) is 0.243. The van der Waals surface area contributed by atoms with Crippen molar-refractivity contribution in [3.63, 3.8) is 0 Å². The topological polar surface area (TPSA) is 128 Å². The number of imidazole rings is 2. The van der Waals surface area contributed by atoms with Gasteiger partial charge in [-0.2, -0.15) is 0 Å². The van der Waals surface area contributed by atoms with Crippen LogP contribution in [0.2, 0.25) is 0 Å². The molecule has 2 aromatic carbocycles. The fourth-order valence-electron chi connectivity index (χ4n) is 5.97. The minimum absolute atomic E-state index is 0.0862. The molecular weight excluding hydrogens is 542 g/mol. The first-order valence-electron chi connectivity index (χ1n) is 14.9. The Bertz CT molecular complexity index is 1690. The number of nitrogens with zero attached hydrogens (tertiary/aromatic N) is 3. The number of ether oxygens (including phenoxy) is 1. The van der Waals surface area contributed by atoms with E-state index in [2.05, 4.69) is 72.7 Å². The van der Waals surface area contributed by atoms with Crippen LogP contribution in [0.3, 0.4) is 0 Å². The van der Waals surface area contributed by atoms with E-state index in [1.54, 1.807) is 11.1 Å². The predicted octanol–water partition coefficient (Wildman–Crippen LogP) is 4.82. The number of carbonyl (C=O) groups excluding carboxylic acids is 2. The van der Waals surface area contributed by atoms with Gasteiger partial charge in [-0.05, 0) is 73.0 Å². The Kier molecular flexibility index (Phi) is 8.16. The van der Waals surface area contributed by atoms with Crippen molar-refractivity contribution in [2.75, 3.05) is 20.2 Å². The molecule has 0 spiro atoms. The number of nitrogens with one attached hydrogen (secondary N) is 4. The van der Waals surface area contributed by atoms with E-state index in [1.807, 2.05) is 26.1 Å². The van der Waals surface area contributed by atoms with Crippen LogP contribution in [-0.2, 0) is 9.53 Å². The first kappa shape index (κ1) is 28.5. The lowest BCUT2D eigenvalue weighted by molar-refractivity contribution is -0.135. The maximum Gasteiger partial charge on any atom is 0.407 e. The van der Waals surface area contributed by atoms with Crippen molar-refractivity contribution < 1.29 is 14.3 Å². The molecule has 2 aliphatic rings. The summed E-state index contributed by atoms with van der Waals surface area (Å²) in [7, 11) is 1.29. The Morgan fingerprint density at radius 1 is 1.00 bits per heavy atom. The molecule has 0 saturated carbocycles. The molecule has 43 heavy (non-hydrogen) atoms. The number of fused-ring (bicyclic) bond motifs is 1. The van der Waals surface area contributed by atoms with E-state index in [0.29, 0.717) is 24.1 Å². The second kappa shape index (κ2) is 12.3. The van der Waals surface area contributed by atoms with Crippen LogP contribution in [0.1, 0.15) is 74.5 Å². The van der Waals surface area contributed by atoms with Gasteiger partial charge in [-0.15, -0.1) is 0 Å². The van der Waals surface area contributed by atoms with Gasteiger partial charge < -0.3 is 30.2 Å². The summed E-state index contributed by atoms with van der Waals surface area (Å²) >= 11 is 0. The van der Waals surface area contributed by atoms with E-state index in [4.69, 9.17) is 4.74 Å². The van der Waals surface area contributed by atoms with Crippen LogP contribution in [0.5, 0.6) is 0 Å². The van der Waals surface area contributed by atoms with Gasteiger partial charge in [0.05, 0.1) is 37.3 Å². The van der Waals surface area contributed by atoms with Crippen LogP contribution in [0, 0.1) is 17.8 Å². The molecule has 1 unspecified atom stereocenters. The highest BCUT2D eigenvalue weighted by Gasteiger charge is 2.37. The minimum atomic E-state index is -0.669. The Hall–Kier alpha value is -4.62. The van der Waals surface area contributed by atoms with Crippen molar-refractivity contribution in [3.8, 4) is 23.1 Å². The van der Waals surface area contributed by atoms with E-state index < -0.39 is 12.1 Å². The lowest BCUT2D eigenvalue weighted by Gasteiger charge is -2.29. The monoisotopic (exact) mass is 579 g/mol. The normalized spacial score (nSPS) is 18.9. The van der Waals surface area contributed by atoms with Gasteiger partial charge in [0, 0.05) is 17.7 Å². The third kappa shape index (κ3) is 6.13. The molecule has 2 aliphatic heterocycles. The molecule has 4 N–H and O–H groups in total. The highest BCUT2D eigenvalue weighted by molar-refractivity contribution is 5.88. The molecule has 0 aliphatic carbocycles. The van der Waals surface area contributed by atoms with Gasteiger partial charge in [0.2, 0.25) is 5.91 Å². The number of alkyl carbamates (subject to hydrolysis) is 1. The first-order valence-corrected chi connectivity index (χ1v) is 14.9. The van der Waals surface area contributed by atoms with E-state index in [9.17, 15) is 9.59 Å². The lowest BCUT2D eigenvalue weighted by Crippen LogP contribution is -2.51. The SMILES string of the molecule is COC(=O)NC(C(=O)N1CCC[C@H]1c1ncc(C#Cc2ccc3cc(-c4cnc([C@@H]5CCCN5)[nH]4)ccc3c2)[nH]1)C(C)C. The van der Waals surface area contributed by atoms with Gasteiger partial charge in [0.15, 0.2) is 0 Å². The van der Waals surface area contributed by atoms with Crippen molar-refractivity contribution in [1.29, 1.82) is 0 Å². The molecule has 2 saturated heterocycles. The van der Waals surface area contributed by atoms with Crippen molar-refractivity contribution in [3.05, 3.63) is 71.7 Å². The Balaban J connectivity index is 1.15.